The van der Waals surface area contributed by atoms with Gasteiger partial charge in [-0.1, -0.05) is 6.07 Å². The Morgan fingerprint density at radius 1 is 1.09 bits per heavy atom. The molecule has 2 aromatic rings. The first-order chi connectivity index (χ1) is 11.2. The number of nitrogens with one attached hydrogen (secondary N) is 2. The highest BCUT2D eigenvalue weighted by molar-refractivity contribution is 6.04. The largest absolute Gasteiger partial charge is 0.368 e. The maximum atomic E-state index is 12.1. The van der Waals surface area contributed by atoms with Gasteiger partial charge in [0.15, 0.2) is 0 Å². The Balaban J connectivity index is 1.65. The maximum absolute atomic E-state index is 12.1. The van der Waals surface area contributed by atoms with Crippen LogP contribution in [-0.2, 0) is 9.53 Å². The van der Waals surface area contributed by atoms with Gasteiger partial charge in [0.2, 0.25) is 0 Å². The zero-order valence-electron chi connectivity index (χ0n) is 12.5. The van der Waals surface area contributed by atoms with E-state index in [1.54, 1.807) is 48.8 Å². The van der Waals surface area contributed by atoms with Gasteiger partial charge >= 0.3 is 0 Å². The van der Waals surface area contributed by atoms with Gasteiger partial charge in [-0.05, 0) is 43.2 Å². The number of pyridine rings is 1. The number of rotatable bonds is 4. The van der Waals surface area contributed by atoms with Crippen molar-refractivity contribution in [2.45, 2.75) is 18.9 Å². The molecule has 1 aromatic heterocycles. The van der Waals surface area contributed by atoms with Gasteiger partial charge in [-0.3, -0.25) is 14.6 Å². The number of carbonyl (C=O) groups is 2. The molecular weight excluding hydrogens is 294 g/mol. The first-order valence-corrected chi connectivity index (χ1v) is 7.46. The molecule has 6 heteroatoms. The average molecular weight is 311 g/mol. The Bertz CT molecular complexity index is 697. The van der Waals surface area contributed by atoms with Crippen LogP contribution in [-0.4, -0.2) is 29.5 Å². The number of anilines is 2. The summed E-state index contributed by atoms with van der Waals surface area (Å²) in [5, 5.41) is 5.60. The molecule has 0 saturated carbocycles. The van der Waals surface area contributed by atoms with Crippen LogP contribution in [0.25, 0.3) is 0 Å². The second-order valence-electron chi connectivity index (χ2n) is 5.26. The second-order valence-corrected chi connectivity index (χ2v) is 5.26. The van der Waals surface area contributed by atoms with Crippen molar-refractivity contribution >= 4 is 23.2 Å². The Hall–Kier alpha value is -2.73. The van der Waals surface area contributed by atoms with Gasteiger partial charge in [0, 0.05) is 35.9 Å². The van der Waals surface area contributed by atoms with Crippen LogP contribution in [0, 0.1) is 0 Å². The summed E-state index contributed by atoms with van der Waals surface area (Å²) in [6, 6.07) is 10.3. The number of hydrogen-bond acceptors (Lipinski definition) is 4. The summed E-state index contributed by atoms with van der Waals surface area (Å²) < 4.78 is 5.35. The lowest BCUT2D eigenvalue weighted by Gasteiger charge is -2.12. The fraction of sp³-hybridized carbons (Fsp3) is 0.235. The van der Waals surface area contributed by atoms with E-state index in [1.165, 1.54) is 0 Å². The van der Waals surface area contributed by atoms with Crippen LogP contribution in [0.4, 0.5) is 11.4 Å². The third kappa shape index (κ3) is 3.92. The minimum atomic E-state index is -0.384. The Kier molecular flexibility index (Phi) is 4.63. The number of ether oxygens (including phenoxy) is 1. The number of benzene rings is 1. The molecule has 2 N–H and O–H groups in total. The van der Waals surface area contributed by atoms with Crippen LogP contribution in [0.5, 0.6) is 0 Å². The zero-order valence-corrected chi connectivity index (χ0v) is 12.5. The standard InChI is InChI=1S/C17H17N3O3/c21-16(12-6-8-18-9-7-12)19-13-3-1-4-14(11-13)20-17(22)15-5-2-10-23-15/h1,3-4,6-9,11,15H,2,5,10H2,(H,19,21)(H,20,22). The highest BCUT2D eigenvalue weighted by Gasteiger charge is 2.23. The topological polar surface area (TPSA) is 80.3 Å². The van der Waals surface area contributed by atoms with Crippen molar-refractivity contribution in [1.82, 2.24) is 4.98 Å². The van der Waals surface area contributed by atoms with Gasteiger partial charge in [0.25, 0.3) is 11.8 Å². The van der Waals surface area contributed by atoms with Crippen molar-refractivity contribution in [3.63, 3.8) is 0 Å². The summed E-state index contributed by atoms with van der Waals surface area (Å²) in [5.41, 5.74) is 1.75. The lowest BCUT2D eigenvalue weighted by molar-refractivity contribution is -0.124. The molecule has 0 radical (unpaired) electrons. The highest BCUT2D eigenvalue weighted by Crippen LogP contribution is 2.18. The minimum absolute atomic E-state index is 0.153. The van der Waals surface area contributed by atoms with E-state index in [2.05, 4.69) is 15.6 Å². The van der Waals surface area contributed by atoms with Crippen molar-refractivity contribution in [3.05, 3.63) is 54.4 Å². The summed E-state index contributed by atoms with van der Waals surface area (Å²) in [5.74, 6) is -0.380. The van der Waals surface area contributed by atoms with Crippen molar-refractivity contribution in [3.8, 4) is 0 Å². The molecule has 1 fully saturated rings. The summed E-state index contributed by atoms with van der Waals surface area (Å²) in [4.78, 5) is 28.0. The third-order valence-corrected chi connectivity index (χ3v) is 3.55. The quantitative estimate of drug-likeness (QED) is 0.909. The lowest BCUT2D eigenvalue weighted by atomic mass is 10.2. The molecule has 3 rings (SSSR count). The Morgan fingerprint density at radius 2 is 1.83 bits per heavy atom. The normalized spacial score (nSPS) is 16.8. The van der Waals surface area contributed by atoms with Gasteiger partial charge in [-0.25, -0.2) is 0 Å². The highest BCUT2D eigenvalue weighted by atomic mass is 16.5. The van der Waals surface area contributed by atoms with Crippen LogP contribution in [0.2, 0.25) is 0 Å². The molecule has 2 amide bonds. The Morgan fingerprint density at radius 3 is 2.52 bits per heavy atom. The molecule has 0 bridgehead atoms. The predicted octanol–water partition coefficient (Wildman–Crippen LogP) is 2.45. The fourth-order valence-electron chi connectivity index (χ4n) is 2.39. The Labute approximate surface area is 133 Å². The molecule has 2 heterocycles. The number of carbonyl (C=O) groups excluding carboxylic acids is 2. The summed E-state index contributed by atoms with van der Waals surface area (Å²) in [6.45, 7) is 0.625. The van der Waals surface area contributed by atoms with Crippen molar-refractivity contribution in [1.29, 1.82) is 0 Å². The minimum Gasteiger partial charge on any atom is -0.368 e. The van der Waals surface area contributed by atoms with Gasteiger partial charge in [0.1, 0.15) is 6.10 Å². The molecule has 1 unspecified atom stereocenters. The maximum Gasteiger partial charge on any atom is 0.255 e. The SMILES string of the molecule is O=C(Nc1cccc(NC(=O)C2CCCO2)c1)c1ccncc1. The van der Waals surface area contributed by atoms with Gasteiger partial charge in [-0.2, -0.15) is 0 Å². The van der Waals surface area contributed by atoms with Crippen LogP contribution >= 0.6 is 0 Å². The monoisotopic (exact) mass is 311 g/mol. The first-order valence-electron chi connectivity index (χ1n) is 7.46. The molecule has 1 aromatic carbocycles. The van der Waals surface area contributed by atoms with E-state index in [9.17, 15) is 9.59 Å². The van der Waals surface area contributed by atoms with Crippen LogP contribution in [0.15, 0.2) is 48.8 Å². The molecule has 6 nitrogen and oxygen atoms in total. The summed E-state index contributed by atoms with van der Waals surface area (Å²) in [7, 11) is 0. The van der Waals surface area contributed by atoms with E-state index in [-0.39, 0.29) is 17.9 Å². The van der Waals surface area contributed by atoms with Gasteiger partial charge in [0.05, 0.1) is 0 Å². The van der Waals surface area contributed by atoms with Gasteiger partial charge in [-0.15, -0.1) is 0 Å². The second kappa shape index (κ2) is 7.02. The summed E-state index contributed by atoms with van der Waals surface area (Å²) in [6.07, 6.45) is 4.38. The number of hydrogen-bond donors (Lipinski definition) is 2. The number of nitrogens with zero attached hydrogens (tertiary/aromatic N) is 1. The molecule has 0 spiro atoms. The average Bonchev–Trinajstić information content (AvgIpc) is 3.10. The van der Waals surface area contributed by atoms with E-state index in [4.69, 9.17) is 4.74 Å². The molecule has 1 aliphatic rings. The molecule has 1 atom stereocenters. The molecule has 1 saturated heterocycles. The molecular formula is C17H17N3O3. The zero-order chi connectivity index (χ0) is 16.1. The van der Waals surface area contributed by atoms with E-state index in [0.29, 0.717) is 23.5 Å². The lowest BCUT2D eigenvalue weighted by Crippen LogP contribution is -2.26. The van der Waals surface area contributed by atoms with Crippen LogP contribution < -0.4 is 10.6 Å². The smallest absolute Gasteiger partial charge is 0.255 e. The third-order valence-electron chi connectivity index (χ3n) is 3.55. The van der Waals surface area contributed by atoms with Crippen molar-refractivity contribution in [2.24, 2.45) is 0 Å². The molecule has 1 aliphatic heterocycles. The molecule has 118 valence electrons. The number of amides is 2. The van der Waals surface area contributed by atoms with Gasteiger partial charge < -0.3 is 15.4 Å². The molecule has 0 aliphatic carbocycles. The van der Waals surface area contributed by atoms with E-state index < -0.39 is 0 Å². The van der Waals surface area contributed by atoms with E-state index in [0.717, 1.165) is 12.8 Å². The van der Waals surface area contributed by atoms with Crippen LogP contribution in [0.3, 0.4) is 0 Å². The number of aromatic nitrogens is 1. The van der Waals surface area contributed by atoms with Crippen LogP contribution in [0.1, 0.15) is 23.2 Å². The predicted molar refractivity (Wildman–Crippen MR) is 86.2 cm³/mol. The first kappa shape index (κ1) is 15.2. The van der Waals surface area contributed by atoms with Crippen molar-refractivity contribution < 1.29 is 14.3 Å². The fourth-order valence-corrected chi connectivity index (χ4v) is 2.39. The van der Waals surface area contributed by atoms with Crippen molar-refractivity contribution in [2.75, 3.05) is 17.2 Å². The van der Waals surface area contributed by atoms with E-state index in [1.807, 2.05) is 0 Å². The van der Waals surface area contributed by atoms with E-state index >= 15 is 0 Å². The molecule has 23 heavy (non-hydrogen) atoms. The summed E-state index contributed by atoms with van der Waals surface area (Å²) >= 11 is 0.